The minimum Gasteiger partial charge on any atom is -0.389 e. The summed E-state index contributed by atoms with van der Waals surface area (Å²) in [6.07, 6.45) is 0.871. The fourth-order valence-corrected chi connectivity index (χ4v) is 1.60. The number of nitrogens with zero attached hydrogens (tertiary/aromatic N) is 1. The SMILES string of the molecule is CC(C)OCCOCC(O)CNCCCN(C)C(C)C. The lowest BCUT2D eigenvalue weighted by Gasteiger charge is -2.21. The molecule has 0 aromatic rings. The summed E-state index contributed by atoms with van der Waals surface area (Å²) in [6, 6.07) is 0.585. The average Bonchev–Trinajstić information content (AvgIpc) is 2.37. The number of rotatable bonds is 13. The van der Waals surface area contributed by atoms with Gasteiger partial charge >= 0.3 is 0 Å². The van der Waals surface area contributed by atoms with Crippen molar-refractivity contribution in [2.24, 2.45) is 0 Å². The molecule has 0 aromatic carbocycles. The summed E-state index contributed by atoms with van der Waals surface area (Å²) in [7, 11) is 2.13. The normalized spacial score (nSPS) is 13.7. The molecule has 0 rings (SSSR count). The predicted octanol–water partition coefficient (Wildman–Crippen LogP) is 1.11. The van der Waals surface area contributed by atoms with E-state index >= 15 is 0 Å². The van der Waals surface area contributed by atoms with Crippen LogP contribution in [0.1, 0.15) is 34.1 Å². The minimum atomic E-state index is -0.447. The van der Waals surface area contributed by atoms with E-state index in [1.165, 1.54) is 0 Å². The van der Waals surface area contributed by atoms with Gasteiger partial charge in [-0.2, -0.15) is 0 Å². The van der Waals surface area contributed by atoms with Crippen LogP contribution in [-0.2, 0) is 9.47 Å². The van der Waals surface area contributed by atoms with Crippen LogP contribution in [0.5, 0.6) is 0 Å². The van der Waals surface area contributed by atoms with Gasteiger partial charge in [-0.1, -0.05) is 0 Å². The lowest BCUT2D eigenvalue weighted by atomic mass is 10.3. The van der Waals surface area contributed by atoms with Crippen LogP contribution in [0.25, 0.3) is 0 Å². The molecule has 20 heavy (non-hydrogen) atoms. The van der Waals surface area contributed by atoms with Gasteiger partial charge in [-0.3, -0.25) is 0 Å². The van der Waals surface area contributed by atoms with Crippen LogP contribution in [0.15, 0.2) is 0 Å². The van der Waals surface area contributed by atoms with Crippen LogP contribution in [0.3, 0.4) is 0 Å². The molecule has 0 saturated heterocycles. The first-order valence-electron chi connectivity index (χ1n) is 7.71. The predicted molar refractivity (Wildman–Crippen MR) is 83.2 cm³/mol. The molecule has 0 heterocycles. The third-order valence-electron chi connectivity index (χ3n) is 3.11. The van der Waals surface area contributed by atoms with E-state index in [0.717, 1.165) is 19.5 Å². The van der Waals surface area contributed by atoms with Gasteiger partial charge in [0.05, 0.1) is 32.0 Å². The maximum absolute atomic E-state index is 9.72. The third-order valence-corrected chi connectivity index (χ3v) is 3.11. The molecule has 0 amide bonds. The molecule has 1 unspecified atom stereocenters. The third kappa shape index (κ3) is 12.8. The van der Waals surface area contributed by atoms with E-state index in [9.17, 15) is 5.11 Å². The minimum absolute atomic E-state index is 0.231. The van der Waals surface area contributed by atoms with E-state index in [4.69, 9.17) is 9.47 Å². The Hall–Kier alpha value is -0.200. The smallest absolute Gasteiger partial charge is 0.0897 e. The molecule has 1 atom stereocenters. The molecule has 122 valence electrons. The molecule has 5 nitrogen and oxygen atoms in total. The highest BCUT2D eigenvalue weighted by molar-refractivity contribution is 4.61. The van der Waals surface area contributed by atoms with Crippen LogP contribution < -0.4 is 5.32 Å². The Morgan fingerprint density at radius 3 is 2.45 bits per heavy atom. The molecule has 5 heteroatoms. The quantitative estimate of drug-likeness (QED) is 0.498. The zero-order valence-electron chi connectivity index (χ0n) is 13.9. The van der Waals surface area contributed by atoms with E-state index < -0.39 is 6.10 Å². The molecule has 0 radical (unpaired) electrons. The van der Waals surface area contributed by atoms with Gasteiger partial charge in [0.1, 0.15) is 0 Å². The van der Waals surface area contributed by atoms with E-state index in [1.807, 2.05) is 13.8 Å². The van der Waals surface area contributed by atoms with Gasteiger partial charge in [0.2, 0.25) is 0 Å². The van der Waals surface area contributed by atoms with Gasteiger partial charge in [0.15, 0.2) is 0 Å². The molecular formula is C15H34N2O3. The highest BCUT2D eigenvalue weighted by Gasteiger charge is 2.05. The van der Waals surface area contributed by atoms with Crippen molar-refractivity contribution in [2.75, 3.05) is 46.5 Å². The Morgan fingerprint density at radius 2 is 1.85 bits per heavy atom. The lowest BCUT2D eigenvalue weighted by Crippen LogP contribution is -2.33. The van der Waals surface area contributed by atoms with Crippen LogP contribution in [-0.4, -0.2) is 74.8 Å². The number of hydrogen-bond donors (Lipinski definition) is 2. The van der Waals surface area contributed by atoms with Crippen LogP contribution in [0, 0.1) is 0 Å². The van der Waals surface area contributed by atoms with Gasteiger partial charge in [0, 0.05) is 12.6 Å². The standard InChI is InChI=1S/C15H34N2O3/c1-13(2)17(5)8-6-7-16-11-15(18)12-19-9-10-20-14(3)4/h13-16,18H,6-12H2,1-5H3. The molecule has 0 aliphatic rings. The van der Waals surface area contributed by atoms with Crippen molar-refractivity contribution in [3.05, 3.63) is 0 Å². The molecule has 0 aliphatic carbocycles. The van der Waals surface area contributed by atoms with Crippen molar-refractivity contribution >= 4 is 0 Å². The Balaban J connectivity index is 3.30. The zero-order chi connectivity index (χ0) is 15.4. The maximum atomic E-state index is 9.72. The number of aliphatic hydroxyl groups is 1. The van der Waals surface area contributed by atoms with Crippen molar-refractivity contribution in [3.63, 3.8) is 0 Å². The van der Waals surface area contributed by atoms with Crippen LogP contribution >= 0.6 is 0 Å². The monoisotopic (exact) mass is 290 g/mol. The van der Waals surface area contributed by atoms with E-state index in [2.05, 4.69) is 31.1 Å². The summed E-state index contributed by atoms with van der Waals surface area (Å²) in [4.78, 5) is 2.32. The molecule has 0 saturated carbocycles. The Labute approximate surface area is 124 Å². The molecule has 0 fully saturated rings. The summed E-state index contributed by atoms with van der Waals surface area (Å²) in [5, 5.41) is 13.0. The van der Waals surface area contributed by atoms with E-state index in [1.54, 1.807) is 0 Å². The summed E-state index contributed by atoms with van der Waals surface area (Å²) >= 11 is 0. The highest BCUT2D eigenvalue weighted by Crippen LogP contribution is 1.94. The van der Waals surface area contributed by atoms with Crippen molar-refractivity contribution in [1.82, 2.24) is 10.2 Å². The number of hydrogen-bond acceptors (Lipinski definition) is 5. The molecule has 0 bridgehead atoms. The number of nitrogens with one attached hydrogen (secondary N) is 1. The fraction of sp³-hybridized carbons (Fsp3) is 1.00. The second-order valence-electron chi connectivity index (χ2n) is 5.78. The molecule has 0 aromatic heterocycles. The van der Waals surface area contributed by atoms with Gasteiger partial charge in [-0.25, -0.2) is 0 Å². The molecule has 0 spiro atoms. The van der Waals surface area contributed by atoms with Crippen LogP contribution in [0.4, 0.5) is 0 Å². The van der Waals surface area contributed by atoms with Gasteiger partial charge in [0.25, 0.3) is 0 Å². The maximum Gasteiger partial charge on any atom is 0.0897 e. The zero-order valence-corrected chi connectivity index (χ0v) is 13.9. The summed E-state index contributed by atoms with van der Waals surface area (Å²) in [5.74, 6) is 0. The average molecular weight is 290 g/mol. The van der Waals surface area contributed by atoms with Crippen molar-refractivity contribution in [1.29, 1.82) is 0 Å². The second kappa shape index (κ2) is 12.5. The van der Waals surface area contributed by atoms with Crippen molar-refractivity contribution < 1.29 is 14.6 Å². The van der Waals surface area contributed by atoms with Crippen molar-refractivity contribution in [3.8, 4) is 0 Å². The van der Waals surface area contributed by atoms with E-state index in [-0.39, 0.29) is 6.10 Å². The largest absolute Gasteiger partial charge is 0.389 e. The topological polar surface area (TPSA) is 54.0 Å². The molecular weight excluding hydrogens is 256 g/mol. The first-order chi connectivity index (χ1) is 9.43. The van der Waals surface area contributed by atoms with Crippen molar-refractivity contribution in [2.45, 2.75) is 52.4 Å². The Morgan fingerprint density at radius 1 is 1.15 bits per heavy atom. The lowest BCUT2D eigenvalue weighted by molar-refractivity contribution is -0.00994. The number of ether oxygens (including phenoxy) is 2. The highest BCUT2D eigenvalue weighted by atomic mass is 16.5. The summed E-state index contributed by atoms with van der Waals surface area (Å²) < 4.78 is 10.7. The number of aliphatic hydroxyl groups excluding tert-OH is 1. The van der Waals surface area contributed by atoms with Gasteiger partial charge < -0.3 is 24.8 Å². The van der Waals surface area contributed by atoms with Gasteiger partial charge in [-0.15, -0.1) is 0 Å². The molecule has 2 N–H and O–H groups in total. The second-order valence-corrected chi connectivity index (χ2v) is 5.78. The summed E-state index contributed by atoms with van der Waals surface area (Å²) in [6.45, 7) is 12.4. The van der Waals surface area contributed by atoms with Crippen LogP contribution in [0.2, 0.25) is 0 Å². The summed E-state index contributed by atoms with van der Waals surface area (Å²) in [5.41, 5.74) is 0. The van der Waals surface area contributed by atoms with Gasteiger partial charge in [-0.05, 0) is 54.3 Å². The molecule has 0 aliphatic heterocycles. The van der Waals surface area contributed by atoms with E-state index in [0.29, 0.717) is 32.4 Å². The Bertz CT molecular complexity index is 213. The fourth-order valence-electron chi connectivity index (χ4n) is 1.60. The first kappa shape index (κ1) is 19.8. The first-order valence-corrected chi connectivity index (χ1v) is 7.71. The Kier molecular flexibility index (Phi) is 12.4.